The fourth-order valence-electron chi connectivity index (χ4n) is 3.65. The number of nitrogens with one attached hydrogen (secondary N) is 1. The largest absolute Gasteiger partial charge is 0.382 e. The summed E-state index contributed by atoms with van der Waals surface area (Å²) in [5.74, 6) is -1.64. The van der Waals surface area contributed by atoms with E-state index in [-0.39, 0.29) is 50.1 Å². The van der Waals surface area contributed by atoms with Crippen molar-refractivity contribution < 1.29 is 22.7 Å². The van der Waals surface area contributed by atoms with Crippen molar-refractivity contribution in [3.05, 3.63) is 76.0 Å². The van der Waals surface area contributed by atoms with E-state index in [1.165, 1.54) is 39.2 Å². The van der Waals surface area contributed by atoms with Gasteiger partial charge in [-0.2, -0.15) is 5.26 Å². The Morgan fingerprint density at radius 1 is 1.08 bits per heavy atom. The monoisotopic (exact) mass is 530 g/mol. The van der Waals surface area contributed by atoms with Gasteiger partial charge in [0.15, 0.2) is 11.6 Å². The van der Waals surface area contributed by atoms with E-state index in [9.17, 15) is 18.3 Å². The molecule has 37 heavy (non-hydrogen) atoms. The molecule has 0 aliphatic rings. The number of pyridine rings is 2. The molecule has 2 N–H and O–H groups in total. The zero-order valence-corrected chi connectivity index (χ0v) is 20.4. The number of fused-ring (bicyclic) bond motifs is 1. The average molecular weight is 531 g/mol. The maximum Gasteiger partial charge on any atom is 0.262 e. The first-order valence-electron chi connectivity index (χ1n) is 10.9. The lowest BCUT2D eigenvalue weighted by atomic mass is 10.0. The van der Waals surface area contributed by atoms with E-state index in [0.29, 0.717) is 0 Å². The van der Waals surface area contributed by atoms with Gasteiger partial charge in [0, 0.05) is 29.6 Å². The van der Waals surface area contributed by atoms with Crippen molar-refractivity contribution >= 4 is 28.3 Å². The first-order chi connectivity index (χ1) is 17.4. The van der Waals surface area contributed by atoms with Crippen LogP contribution in [0.2, 0.25) is 5.02 Å². The molecule has 0 aliphatic carbocycles. The van der Waals surface area contributed by atoms with Crippen LogP contribution in [-0.2, 0) is 5.60 Å². The van der Waals surface area contributed by atoms with E-state index in [2.05, 4.69) is 25.3 Å². The average Bonchev–Trinajstić information content (AvgIpc) is 2.84. The number of nitrogens with zero attached hydrogens (tertiary/aromatic N) is 5. The van der Waals surface area contributed by atoms with Gasteiger partial charge in [0.05, 0.1) is 33.6 Å². The lowest BCUT2D eigenvalue weighted by Crippen LogP contribution is -2.21. The molecule has 4 rings (SSSR count). The molecule has 0 fully saturated rings. The summed E-state index contributed by atoms with van der Waals surface area (Å²) in [5, 5.41) is 21.7. The molecule has 3 heterocycles. The Labute approximate surface area is 213 Å². The molecule has 3 aromatic heterocycles. The Balaban J connectivity index is 1.88. The Morgan fingerprint density at radius 2 is 1.76 bits per heavy atom. The summed E-state index contributed by atoms with van der Waals surface area (Å²) in [7, 11) is 0. The summed E-state index contributed by atoms with van der Waals surface area (Å²) < 4.78 is 57.9. The molecular formula is C25H19ClF4N6O. The third kappa shape index (κ3) is 5.16. The quantitative estimate of drug-likeness (QED) is 0.301. The van der Waals surface area contributed by atoms with Gasteiger partial charge in [-0.25, -0.2) is 37.5 Å². The highest BCUT2D eigenvalue weighted by Crippen LogP contribution is 2.38. The van der Waals surface area contributed by atoms with Gasteiger partial charge in [-0.15, -0.1) is 0 Å². The van der Waals surface area contributed by atoms with Gasteiger partial charge < -0.3 is 10.4 Å². The molecule has 1 unspecified atom stereocenters. The normalized spacial score (nSPS) is 12.6. The molecule has 0 radical (unpaired) electrons. The number of nitriles is 1. The number of aromatic nitrogens is 4. The van der Waals surface area contributed by atoms with Gasteiger partial charge in [0.1, 0.15) is 28.7 Å². The first kappa shape index (κ1) is 26.2. The number of halogens is 5. The number of alkyl halides is 2. The van der Waals surface area contributed by atoms with Crippen LogP contribution in [0.25, 0.3) is 22.3 Å². The van der Waals surface area contributed by atoms with Crippen molar-refractivity contribution in [1.82, 2.24) is 19.9 Å². The second-order valence-electron chi connectivity index (χ2n) is 8.73. The van der Waals surface area contributed by atoms with Gasteiger partial charge in [0.25, 0.3) is 6.43 Å². The van der Waals surface area contributed by atoms with E-state index < -0.39 is 35.3 Å². The minimum Gasteiger partial charge on any atom is -0.382 e. The van der Waals surface area contributed by atoms with Gasteiger partial charge in [-0.1, -0.05) is 11.6 Å². The topological polar surface area (TPSA) is 108 Å². The fraction of sp³-hybridized carbons (Fsp3) is 0.240. The van der Waals surface area contributed by atoms with Gasteiger partial charge in [-0.3, -0.25) is 0 Å². The summed E-state index contributed by atoms with van der Waals surface area (Å²) in [6.45, 7) is 4.47. The third-order valence-corrected chi connectivity index (χ3v) is 5.96. The highest BCUT2D eigenvalue weighted by Gasteiger charge is 2.29. The second kappa shape index (κ2) is 9.88. The predicted molar refractivity (Wildman–Crippen MR) is 129 cm³/mol. The van der Waals surface area contributed by atoms with Crippen molar-refractivity contribution in [2.75, 3.05) is 5.32 Å². The van der Waals surface area contributed by atoms with Gasteiger partial charge >= 0.3 is 0 Å². The Morgan fingerprint density at radius 3 is 2.35 bits per heavy atom. The lowest BCUT2D eigenvalue weighted by Gasteiger charge is -2.22. The van der Waals surface area contributed by atoms with Gasteiger partial charge in [0.2, 0.25) is 0 Å². The van der Waals surface area contributed by atoms with Crippen molar-refractivity contribution in [1.29, 1.82) is 5.26 Å². The van der Waals surface area contributed by atoms with Crippen molar-refractivity contribution in [3.63, 3.8) is 0 Å². The Kier molecular flexibility index (Phi) is 6.99. The van der Waals surface area contributed by atoms with E-state index in [4.69, 9.17) is 16.9 Å². The van der Waals surface area contributed by atoms with Crippen molar-refractivity contribution in [3.8, 4) is 17.3 Å². The van der Waals surface area contributed by atoms with Crippen LogP contribution in [-0.4, -0.2) is 31.5 Å². The summed E-state index contributed by atoms with van der Waals surface area (Å²) in [6, 6.07) is 4.04. The van der Waals surface area contributed by atoms with Crippen LogP contribution < -0.4 is 5.32 Å². The number of rotatable bonds is 6. The maximum atomic E-state index is 15.0. The Hall–Kier alpha value is -3.88. The molecule has 190 valence electrons. The summed E-state index contributed by atoms with van der Waals surface area (Å²) in [4.78, 5) is 16.6. The van der Waals surface area contributed by atoms with Crippen LogP contribution in [0.15, 0.2) is 36.7 Å². The number of benzene rings is 1. The highest BCUT2D eigenvalue weighted by molar-refractivity contribution is 6.35. The van der Waals surface area contributed by atoms with Crippen LogP contribution in [0.4, 0.5) is 23.2 Å². The molecule has 0 saturated carbocycles. The second-order valence-corrected chi connectivity index (χ2v) is 9.11. The maximum absolute atomic E-state index is 15.0. The number of aryl methyl sites for hydroxylation is 1. The minimum absolute atomic E-state index is 0.0114. The minimum atomic E-state index is -3.12. The van der Waals surface area contributed by atoms with E-state index >= 15 is 4.39 Å². The van der Waals surface area contributed by atoms with E-state index in [1.54, 1.807) is 6.07 Å². The molecule has 1 aromatic carbocycles. The molecule has 12 heteroatoms. The first-order valence-corrected chi connectivity index (χ1v) is 11.2. The molecule has 7 nitrogen and oxygen atoms in total. The SMILES string of the molecule is Cc1nc2cc(F)c(-c3cnc(C(C)(C)O)nc3)nc2c(NC(c2cc(C#N)ccc2F)C(F)F)c1Cl. The van der Waals surface area contributed by atoms with Crippen LogP contribution in [0.3, 0.4) is 0 Å². The molecule has 0 aliphatic heterocycles. The van der Waals surface area contributed by atoms with E-state index in [0.717, 1.165) is 18.2 Å². The molecule has 0 amide bonds. The van der Waals surface area contributed by atoms with Crippen LogP contribution in [0.1, 0.15) is 42.5 Å². The Bertz CT molecular complexity index is 1530. The van der Waals surface area contributed by atoms with Crippen LogP contribution in [0.5, 0.6) is 0 Å². The van der Waals surface area contributed by atoms with Crippen LogP contribution in [0, 0.1) is 29.9 Å². The van der Waals surface area contributed by atoms with Crippen molar-refractivity contribution in [2.24, 2.45) is 0 Å². The third-order valence-electron chi connectivity index (χ3n) is 5.50. The number of hydrogen-bond acceptors (Lipinski definition) is 7. The molecular weight excluding hydrogens is 512 g/mol. The number of aliphatic hydroxyl groups is 1. The predicted octanol–water partition coefficient (Wildman–Crippen LogP) is 5.84. The fourth-order valence-corrected chi connectivity index (χ4v) is 3.83. The zero-order chi connectivity index (χ0) is 27.1. The lowest BCUT2D eigenvalue weighted by molar-refractivity contribution is 0.0687. The zero-order valence-electron chi connectivity index (χ0n) is 19.7. The smallest absolute Gasteiger partial charge is 0.262 e. The summed E-state index contributed by atoms with van der Waals surface area (Å²) in [6.07, 6.45) is -0.595. The van der Waals surface area contributed by atoms with Gasteiger partial charge in [-0.05, 0) is 39.0 Å². The van der Waals surface area contributed by atoms with E-state index in [1.807, 2.05) is 0 Å². The summed E-state index contributed by atoms with van der Waals surface area (Å²) in [5.41, 5.74) is -1.83. The number of hydrogen-bond donors (Lipinski definition) is 2. The molecule has 0 saturated heterocycles. The molecule has 4 aromatic rings. The van der Waals surface area contributed by atoms with Crippen molar-refractivity contribution in [2.45, 2.75) is 38.8 Å². The highest BCUT2D eigenvalue weighted by atomic mass is 35.5. The van der Waals surface area contributed by atoms with Crippen LogP contribution >= 0.6 is 11.6 Å². The summed E-state index contributed by atoms with van der Waals surface area (Å²) >= 11 is 6.41. The molecule has 1 atom stereocenters. The molecule has 0 bridgehead atoms. The number of anilines is 1. The standard InChI is InChI=1S/C25H19ClF4N6O/c1-11-18(26)22(36-20(23(29)30)14-6-12(8-31)4-5-15(14)27)21-17(34-11)7-16(28)19(35-21)13-9-32-24(33-10-13)25(2,3)37/h4-7,9-10,20,23,37H,1-3H3,(H,34,36). The molecule has 0 spiro atoms.